The van der Waals surface area contributed by atoms with Gasteiger partial charge in [-0.25, -0.2) is 0 Å². The largest absolute Gasteiger partial charge is 0.369 e. The van der Waals surface area contributed by atoms with Crippen LogP contribution in [0.1, 0.15) is 85.4 Å². The van der Waals surface area contributed by atoms with E-state index in [4.69, 9.17) is 0 Å². The monoisotopic (exact) mass is 540 g/mol. The van der Waals surface area contributed by atoms with E-state index in [2.05, 4.69) is 42.4 Å². The highest BCUT2D eigenvalue weighted by Crippen LogP contribution is 2.39. The molecule has 3 heterocycles. The van der Waals surface area contributed by atoms with E-state index in [0.717, 1.165) is 42.9 Å². The molecule has 0 aliphatic carbocycles. The fourth-order valence-corrected chi connectivity index (χ4v) is 5.87. The molecule has 0 radical (unpaired) electrons. The third-order valence-corrected chi connectivity index (χ3v) is 8.33. The Balaban J connectivity index is 1.46. The number of hydrogen-bond donors (Lipinski definition) is 2. The molecule has 2 N–H and O–H groups in total. The Morgan fingerprint density at radius 3 is 2.38 bits per heavy atom. The van der Waals surface area contributed by atoms with Crippen LogP contribution in [0, 0.1) is 5.92 Å². The highest BCUT2D eigenvalue weighted by atomic mass is 16.2. The molecule has 3 aromatic rings. The normalized spacial score (nSPS) is 19.0. The molecule has 2 aliphatic rings. The van der Waals surface area contributed by atoms with Crippen LogP contribution >= 0.6 is 0 Å². The van der Waals surface area contributed by atoms with Gasteiger partial charge in [0.1, 0.15) is 0 Å². The van der Waals surface area contributed by atoms with E-state index in [1.54, 1.807) is 12.1 Å². The molecule has 40 heavy (non-hydrogen) atoms. The van der Waals surface area contributed by atoms with E-state index >= 15 is 0 Å². The van der Waals surface area contributed by atoms with Crippen molar-refractivity contribution in [2.24, 2.45) is 5.92 Å². The smallest absolute Gasteiger partial charge is 0.255 e. The molecule has 210 valence electrons. The van der Waals surface area contributed by atoms with Crippen LogP contribution in [0.2, 0.25) is 0 Å². The maximum absolute atomic E-state index is 13.4. The number of pyridine rings is 1. The summed E-state index contributed by atoms with van der Waals surface area (Å²) in [7, 11) is 0. The van der Waals surface area contributed by atoms with E-state index in [1.807, 2.05) is 60.9 Å². The topological polar surface area (TPSA) is 83.4 Å². The number of carbonyl (C=O) groups excluding carboxylic acids is 2. The second-order valence-corrected chi connectivity index (χ2v) is 12.4. The van der Waals surface area contributed by atoms with Crippen molar-refractivity contribution in [2.45, 2.75) is 71.4 Å². The average molecular weight is 541 g/mol. The first kappa shape index (κ1) is 27.7. The minimum absolute atomic E-state index is 0.00439. The summed E-state index contributed by atoms with van der Waals surface area (Å²) in [4.78, 5) is 41.2. The summed E-state index contributed by atoms with van der Waals surface area (Å²) >= 11 is 0. The Kier molecular flexibility index (Phi) is 7.58. The van der Waals surface area contributed by atoms with Crippen LogP contribution in [-0.2, 0) is 12.0 Å². The first-order valence-corrected chi connectivity index (χ1v) is 14.3. The second kappa shape index (κ2) is 11.0. The van der Waals surface area contributed by atoms with E-state index in [9.17, 15) is 14.4 Å². The Bertz CT molecular complexity index is 1470. The number of anilines is 2. The fraction of sp³-hybridized carbons (Fsp3) is 0.424. The maximum atomic E-state index is 13.4. The molecule has 2 aliphatic heterocycles. The lowest BCUT2D eigenvalue weighted by Crippen LogP contribution is -2.47. The SMILES string of the molecule is CC[C@H](C)NC(=O)c1ccc(N2C[C@H]3C[C@@H](C2)c2cccc(=O)n2C3)c(NC(=O)c2ccc(C(C)(C)C)cc2)c1. The summed E-state index contributed by atoms with van der Waals surface area (Å²) in [6, 6.07) is 18.9. The highest BCUT2D eigenvalue weighted by molar-refractivity contribution is 6.07. The zero-order chi connectivity index (χ0) is 28.6. The number of nitrogens with zero attached hydrogens (tertiary/aromatic N) is 2. The summed E-state index contributed by atoms with van der Waals surface area (Å²) in [6.07, 6.45) is 1.87. The zero-order valence-corrected chi connectivity index (χ0v) is 24.2. The van der Waals surface area contributed by atoms with Crippen molar-refractivity contribution in [2.75, 3.05) is 23.3 Å². The molecule has 7 nitrogen and oxygen atoms in total. The van der Waals surface area contributed by atoms with E-state index in [0.29, 0.717) is 29.3 Å². The molecule has 5 rings (SSSR count). The number of amides is 2. The Hall–Kier alpha value is -3.87. The summed E-state index contributed by atoms with van der Waals surface area (Å²) in [5.74, 6) is 0.182. The first-order chi connectivity index (χ1) is 19.0. The van der Waals surface area contributed by atoms with Crippen molar-refractivity contribution in [3.8, 4) is 0 Å². The summed E-state index contributed by atoms with van der Waals surface area (Å²) < 4.78 is 1.92. The lowest BCUT2D eigenvalue weighted by atomic mass is 9.83. The number of benzene rings is 2. The Labute approximate surface area is 236 Å². The molecule has 3 atom stereocenters. The van der Waals surface area contributed by atoms with Crippen molar-refractivity contribution in [3.05, 3.63) is 93.4 Å². The standard InChI is InChI=1S/C33H40N4O3/c1-6-21(2)34-32(40)24-12-15-29(27(17-24)35-31(39)23-10-13-26(14-11-23)33(3,4)5)36-18-22-16-25(20-36)28-8-7-9-30(38)37(28)19-22/h7-15,17,21-22,25H,6,16,18-20H2,1-5H3,(H,34,40)(H,35,39)/t21-,22+,25-/m0/s1. The fourth-order valence-electron chi connectivity index (χ4n) is 5.87. The number of carbonyl (C=O) groups is 2. The number of nitrogens with one attached hydrogen (secondary N) is 2. The first-order valence-electron chi connectivity index (χ1n) is 14.3. The lowest BCUT2D eigenvalue weighted by Gasteiger charge is -2.44. The van der Waals surface area contributed by atoms with Gasteiger partial charge in [-0.15, -0.1) is 0 Å². The quantitative estimate of drug-likeness (QED) is 0.429. The van der Waals surface area contributed by atoms with Gasteiger partial charge >= 0.3 is 0 Å². The number of rotatable bonds is 6. The number of fused-ring (bicyclic) bond motifs is 4. The van der Waals surface area contributed by atoms with Crippen molar-refractivity contribution >= 4 is 23.2 Å². The zero-order valence-electron chi connectivity index (χ0n) is 24.2. The summed E-state index contributed by atoms with van der Waals surface area (Å²) in [5, 5.41) is 6.15. The van der Waals surface area contributed by atoms with Crippen molar-refractivity contribution in [1.29, 1.82) is 0 Å². The second-order valence-electron chi connectivity index (χ2n) is 12.4. The van der Waals surface area contributed by atoms with Crippen LogP contribution in [0.5, 0.6) is 0 Å². The Morgan fingerprint density at radius 1 is 0.950 bits per heavy atom. The van der Waals surface area contributed by atoms with Gasteiger partial charge in [0.25, 0.3) is 17.4 Å². The van der Waals surface area contributed by atoms with Gasteiger partial charge in [-0.3, -0.25) is 14.4 Å². The molecule has 2 bridgehead atoms. The molecule has 7 heteroatoms. The number of hydrogen-bond acceptors (Lipinski definition) is 4. The van der Waals surface area contributed by atoms with Gasteiger partial charge in [0.05, 0.1) is 11.4 Å². The minimum atomic E-state index is -0.213. The minimum Gasteiger partial charge on any atom is -0.369 e. The molecule has 2 aromatic carbocycles. The van der Waals surface area contributed by atoms with Crippen LogP contribution in [0.25, 0.3) is 0 Å². The van der Waals surface area contributed by atoms with Crippen LogP contribution in [0.4, 0.5) is 11.4 Å². The van der Waals surface area contributed by atoms with Gasteiger partial charge < -0.3 is 20.1 Å². The van der Waals surface area contributed by atoms with Crippen molar-refractivity contribution in [3.63, 3.8) is 0 Å². The Morgan fingerprint density at radius 2 is 1.68 bits per heavy atom. The van der Waals surface area contributed by atoms with Crippen molar-refractivity contribution in [1.82, 2.24) is 9.88 Å². The van der Waals surface area contributed by atoms with Gasteiger partial charge in [-0.05, 0) is 73.1 Å². The van der Waals surface area contributed by atoms with Gasteiger partial charge in [0.2, 0.25) is 0 Å². The van der Waals surface area contributed by atoms with Crippen LogP contribution < -0.4 is 21.1 Å². The van der Waals surface area contributed by atoms with Gasteiger partial charge in [0, 0.05) is 54.5 Å². The van der Waals surface area contributed by atoms with E-state index in [1.165, 1.54) is 0 Å². The predicted molar refractivity (Wildman–Crippen MR) is 161 cm³/mol. The third-order valence-electron chi connectivity index (χ3n) is 8.33. The van der Waals surface area contributed by atoms with Crippen LogP contribution in [-0.4, -0.2) is 35.5 Å². The summed E-state index contributed by atoms with van der Waals surface area (Å²) in [6.45, 7) is 12.7. The van der Waals surface area contributed by atoms with Crippen molar-refractivity contribution < 1.29 is 9.59 Å². The lowest BCUT2D eigenvalue weighted by molar-refractivity contribution is 0.0938. The van der Waals surface area contributed by atoms with E-state index < -0.39 is 0 Å². The van der Waals surface area contributed by atoms with Gasteiger partial charge in [0.15, 0.2) is 0 Å². The summed E-state index contributed by atoms with van der Waals surface area (Å²) in [5.41, 5.74) is 4.87. The number of aromatic nitrogens is 1. The van der Waals surface area contributed by atoms with Gasteiger partial charge in [-0.2, -0.15) is 0 Å². The molecule has 1 fully saturated rings. The predicted octanol–water partition coefficient (Wildman–Crippen LogP) is 5.55. The molecule has 1 aromatic heterocycles. The van der Waals surface area contributed by atoms with Gasteiger partial charge in [-0.1, -0.05) is 45.9 Å². The molecule has 0 saturated carbocycles. The molecular weight excluding hydrogens is 500 g/mol. The average Bonchev–Trinajstić information content (AvgIpc) is 2.93. The third kappa shape index (κ3) is 5.69. The molecule has 0 spiro atoms. The molecule has 0 unspecified atom stereocenters. The molecule has 2 amide bonds. The van der Waals surface area contributed by atoms with Crippen LogP contribution in [0.3, 0.4) is 0 Å². The number of piperidine rings is 1. The molecular formula is C33H40N4O3. The molecule has 1 saturated heterocycles. The van der Waals surface area contributed by atoms with E-state index in [-0.39, 0.29) is 34.7 Å². The maximum Gasteiger partial charge on any atom is 0.255 e. The van der Waals surface area contributed by atoms with Crippen LogP contribution in [0.15, 0.2) is 65.5 Å². The highest BCUT2D eigenvalue weighted by Gasteiger charge is 2.35.